The van der Waals surface area contributed by atoms with Gasteiger partial charge in [0.25, 0.3) is 11.8 Å². The Bertz CT molecular complexity index is 746. The van der Waals surface area contributed by atoms with Gasteiger partial charge in [-0.05, 0) is 36.4 Å². The molecule has 1 aliphatic heterocycles. The molecule has 0 bridgehead atoms. The SMILES string of the molecule is COc1cccc(OC)c1C(=O)N1CCC(NC(=O)c2cccs2)CC1. The Morgan fingerprint density at radius 3 is 2.27 bits per heavy atom. The summed E-state index contributed by atoms with van der Waals surface area (Å²) in [7, 11) is 3.08. The fourth-order valence-electron chi connectivity index (χ4n) is 3.11. The minimum absolute atomic E-state index is 0.0452. The molecule has 1 N–H and O–H groups in total. The van der Waals surface area contributed by atoms with Gasteiger partial charge in [0, 0.05) is 19.1 Å². The molecule has 6 nitrogen and oxygen atoms in total. The number of hydrogen-bond donors (Lipinski definition) is 1. The number of amides is 2. The lowest BCUT2D eigenvalue weighted by Gasteiger charge is -2.33. The van der Waals surface area contributed by atoms with Crippen LogP contribution in [0.2, 0.25) is 0 Å². The summed E-state index contributed by atoms with van der Waals surface area (Å²) in [5, 5.41) is 4.94. The second kappa shape index (κ2) is 8.23. The summed E-state index contributed by atoms with van der Waals surface area (Å²) in [6.07, 6.45) is 1.45. The summed E-state index contributed by atoms with van der Waals surface area (Å²) < 4.78 is 10.7. The van der Waals surface area contributed by atoms with Crippen molar-refractivity contribution in [2.45, 2.75) is 18.9 Å². The van der Waals surface area contributed by atoms with E-state index >= 15 is 0 Å². The normalized spacial score (nSPS) is 14.8. The van der Waals surface area contributed by atoms with Gasteiger partial charge in [0.15, 0.2) is 0 Å². The zero-order chi connectivity index (χ0) is 18.5. The standard InChI is InChI=1S/C19H22N2O4S/c1-24-14-5-3-6-15(25-2)17(14)19(23)21-10-8-13(9-11-21)20-18(22)16-7-4-12-26-16/h3-7,12-13H,8-11H2,1-2H3,(H,20,22). The van der Waals surface area contributed by atoms with Crippen molar-refractivity contribution in [2.75, 3.05) is 27.3 Å². The molecule has 0 aliphatic carbocycles. The van der Waals surface area contributed by atoms with Crippen molar-refractivity contribution in [3.8, 4) is 11.5 Å². The van der Waals surface area contributed by atoms with Crippen LogP contribution in [0, 0.1) is 0 Å². The van der Waals surface area contributed by atoms with Crippen molar-refractivity contribution in [1.29, 1.82) is 0 Å². The van der Waals surface area contributed by atoms with Crippen LogP contribution in [-0.2, 0) is 0 Å². The molecule has 2 aromatic rings. The average molecular weight is 374 g/mol. The predicted octanol–water partition coefficient (Wildman–Crippen LogP) is 2.80. The van der Waals surface area contributed by atoms with Crippen LogP contribution < -0.4 is 14.8 Å². The maximum atomic E-state index is 13.0. The first-order chi connectivity index (χ1) is 12.6. The summed E-state index contributed by atoms with van der Waals surface area (Å²) in [6, 6.07) is 9.05. The van der Waals surface area contributed by atoms with E-state index < -0.39 is 0 Å². The van der Waals surface area contributed by atoms with Gasteiger partial charge in [-0.15, -0.1) is 11.3 Å². The van der Waals surface area contributed by atoms with Crippen LogP contribution in [0.4, 0.5) is 0 Å². The summed E-state index contributed by atoms with van der Waals surface area (Å²) in [5.41, 5.74) is 0.443. The highest BCUT2D eigenvalue weighted by Gasteiger charge is 2.28. The highest BCUT2D eigenvalue weighted by atomic mass is 32.1. The van der Waals surface area contributed by atoms with Gasteiger partial charge >= 0.3 is 0 Å². The van der Waals surface area contributed by atoms with Gasteiger partial charge in [-0.25, -0.2) is 0 Å². The van der Waals surface area contributed by atoms with E-state index in [1.54, 1.807) is 23.1 Å². The van der Waals surface area contributed by atoms with Gasteiger partial charge in [0.05, 0.1) is 19.1 Å². The first kappa shape index (κ1) is 18.3. The van der Waals surface area contributed by atoms with E-state index in [1.165, 1.54) is 25.6 Å². The van der Waals surface area contributed by atoms with Crippen molar-refractivity contribution in [3.63, 3.8) is 0 Å². The van der Waals surface area contributed by atoms with E-state index in [-0.39, 0.29) is 17.9 Å². The predicted molar refractivity (Wildman–Crippen MR) is 100 cm³/mol. The number of thiophene rings is 1. The number of ether oxygens (including phenoxy) is 2. The van der Waals surface area contributed by atoms with Gasteiger partial charge in [-0.1, -0.05) is 12.1 Å². The number of carbonyl (C=O) groups excluding carboxylic acids is 2. The molecule has 1 aromatic carbocycles. The molecule has 1 saturated heterocycles. The van der Waals surface area contributed by atoms with Crippen LogP contribution in [0.25, 0.3) is 0 Å². The first-order valence-corrected chi connectivity index (χ1v) is 9.36. The molecule has 0 spiro atoms. The van der Waals surface area contributed by atoms with E-state index in [0.717, 1.165) is 12.8 Å². The van der Waals surface area contributed by atoms with E-state index in [0.29, 0.717) is 35.0 Å². The highest BCUT2D eigenvalue weighted by molar-refractivity contribution is 7.12. The zero-order valence-corrected chi connectivity index (χ0v) is 15.7. The summed E-state index contributed by atoms with van der Waals surface area (Å²) in [5.74, 6) is 0.850. The van der Waals surface area contributed by atoms with Crippen LogP contribution in [-0.4, -0.2) is 50.1 Å². The molecule has 7 heteroatoms. The second-order valence-corrected chi connectivity index (χ2v) is 7.00. The molecule has 2 amide bonds. The molecule has 2 heterocycles. The van der Waals surface area contributed by atoms with Crippen LogP contribution in [0.1, 0.15) is 32.9 Å². The molecule has 138 valence electrons. The van der Waals surface area contributed by atoms with Gasteiger partial charge in [-0.3, -0.25) is 9.59 Å². The highest BCUT2D eigenvalue weighted by Crippen LogP contribution is 2.30. The number of nitrogens with zero attached hydrogens (tertiary/aromatic N) is 1. The van der Waals surface area contributed by atoms with Crippen LogP contribution in [0.5, 0.6) is 11.5 Å². The van der Waals surface area contributed by atoms with E-state index in [1.807, 2.05) is 17.5 Å². The van der Waals surface area contributed by atoms with Crippen molar-refractivity contribution in [2.24, 2.45) is 0 Å². The fraction of sp³-hybridized carbons (Fsp3) is 0.368. The van der Waals surface area contributed by atoms with Gasteiger partial charge in [0.2, 0.25) is 0 Å². The van der Waals surface area contributed by atoms with Crippen LogP contribution in [0.15, 0.2) is 35.7 Å². The van der Waals surface area contributed by atoms with Crippen molar-refractivity contribution >= 4 is 23.2 Å². The summed E-state index contributed by atoms with van der Waals surface area (Å²) in [4.78, 5) is 27.6. The number of piperidine rings is 1. The Morgan fingerprint density at radius 2 is 1.73 bits per heavy atom. The first-order valence-electron chi connectivity index (χ1n) is 8.48. The van der Waals surface area contributed by atoms with E-state index in [4.69, 9.17) is 9.47 Å². The number of methoxy groups -OCH3 is 2. The number of benzene rings is 1. The minimum Gasteiger partial charge on any atom is -0.496 e. The van der Waals surface area contributed by atoms with Gasteiger partial charge < -0.3 is 19.7 Å². The number of hydrogen-bond acceptors (Lipinski definition) is 5. The molecule has 0 saturated carbocycles. The molecule has 0 atom stereocenters. The van der Waals surface area contributed by atoms with Crippen molar-refractivity contribution in [3.05, 3.63) is 46.2 Å². The molecular weight excluding hydrogens is 352 g/mol. The zero-order valence-electron chi connectivity index (χ0n) is 14.9. The fourth-order valence-corrected chi connectivity index (χ4v) is 3.74. The number of carbonyl (C=O) groups is 2. The molecule has 3 rings (SSSR count). The van der Waals surface area contributed by atoms with Crippen LogP contribution >= 0.6 is 11.3 Å². The Labute approximate surface area is 156 Å². The van der Waals surface area contributed by atoms with Gasteiger partial charge in [0.1, 0.15) is 17.1 Å². The largest absolute Gasteiger partial charge is 0.496 e. The van der Waals surface area contributed by atoms with E-state index in [9.17, 15) is 9.59 Å². The summed E-state index contributed by atoms with van der Waals surface area (Å²) >= 11 is 1.43. The van der Waals surface area contributed by atoms with Crippen LogP contribution in [0.3, 0.4) is 0 Å². The topological polar surface area (TPSA) is 67.9 Å². The van der Waals surface area contributed by atoms with Crippen molar-refractivity contribution in [1.82, 2.24) is 10.2 Å². The monoisotopic (exact) mass is 374 g/mol. The van der Waals surface area contributed by atoms with Gasteiger partial charge in [-0.2, -0.15) is 0 Å². The quantitative estimate of drug-likeness (QED) is 0.874. The lowest BCUT2D eigenvalue weighted by atomic mass is 10.0. The Balaban J connectivity index is 1.63. The molecule has 0 unspecified atom stereocenters. The Morgan fingerprint density at radius 1 is 1.08 bits per heavy atom. The Kier molecular flexibility index (Phi) is 5.78. The average Bonchev–Trinajstić information content (AvgIpc) is 3.22. The second-order valence-electron chi connectivity index (χ2n) is 6.05. The maximum Gasteiger partial charge on any atom is 0.261 e. The summed E-state index contributed by atoms with van der Waals surface area (Å²) in [6.45, 7) is 1.16. The maximum absolute atomic E-state index is 13.0. The molecular formula is C19H22N2O4S. The Hall–Kier alpha value is -2.54. The number of nitrogens with one attached hydrogen (secondary N) is 1. The third-order valence-electron chi connectivity index (χ3n) is 4.50. The van der Waals surface area contributed by atoms with E-state index in [2.05, 4.69) is 5.32 Å². The van der Waals surface area contributed by atoms with Crippen molar-refractivity contribution < 1.29 is 19.1 Å². The smallest absolute Gasteiger partial charge is 0.261 e. The molecule has 0 radical (unpaired) electrons. The number of rotatable bonds is 5. The molecule has 26 heavy (non-hydrogen) atoms. The lowest BCUT2D eigenvalue weighted by Crippen LogP contribution is -2.46. The molecule has 1 aliphatic rings. The third kappa shape index (κ3) is 3.83. The molecule has 1 aromatic heterocycles. The number of likely N-dealkylation sites (tertiary alicyclic amines) is 1. The lowest BCUT2D eigenvalue weighted by molar-refractivity contribution is 0.0692. The molecule has 1 fully saturated rings. The third-order valence-corrected chi connectivity index (χ3v) is 5.37. The minimum atomic E-state index is -0.109.